The van der Waals surface area contributed by atoms with Crippen LogP contribution in [-0.2, 0) is 9.47 Å². The van der Waals surface area contributed by atoms with Crippen molar-refractivity contribution in [3.05, 3.63) is 69.8 Å². The molecule has 10 heteroatoms. The number of hydrogen-bond acceptors (Lipinski definition) is 6. The third-order valence-electron chi connectivity index (χ3n) is 3.91. The molecule has 0 fully saturated rings. The van der Waals surface area contributed by atoms with Gasteiger partial charge >= 0.3 is 5.97 Å². The van der Waals surface area contributed by atoms with Gasteiger partial charge in [0.25, 0.3) is 5.91 Å². The number of hydrogen-bond donors (Lipinski definition) is 1. The molecule has 3 rings (SSSR count). The molecule has 0 spiro atoms. The molecule has 3 aromatic rings. The van der Waals surface area contributed by atoms with Gasteiger partial charge in [0.15, 0.2) is 11.6 Å². The fourth-order valence-corrected chi connectivity index (χ4v) is 3.66. The molecule has 2 heterocycles. The summed E-state index contributed by atoms with van der Waals surface area (Å²) in [4.78, 5) is 28.7. The van der Waals surface area contributed by atoms with Crippen LogP contribution in [0.1, 0.15) is 20.0 Å². The highest BCUT2D eigenvalue weighted by atomic mass is 35.5. The van der Waals surface area contributed by atoms with Crippen molar-refractivity contribution >= 4 is 40.5 Å². The number of benzene rings is 1. The first-order valence-electron chi connectivity index (χ1n) is 8.57. The van der Waals surface area contributed by atoms with E-state index in [-0.39, 0.29) is 23.7 Å². The second-order valence-electron chi connectivity index (χ2n) is 5.92. The van der Waals surface area contributed by atoms with Gasteiger partial charge in [0.05, 0.1) is 29.4 Å². The van der Waals surface area contributed by atoms with Crippen LogP contribution in [-0.4, -0.2) is 37.2 Å². The summed E-state index contributed by atoms with van der Waals surface area (Å²) >= 11 is 7.30. The first kappa shape index (κ1) is 21.8. The molecule has 0 aliphatic carbocycles. The standard InChI is InChI=1S/C20H15ClF2N2O4S/c1-28-6-7-29-20(27)11-2-3-13(21)12(8-11)16-4-5-17(30-16)19(26)25-18-14(22)9-24-10-15(18)23/h2-5,8-10H,6-7H2,1H3,(H,24,25,26). The molecule has 0 bridgehead atoms. The van der Waals surface area contributed by atoms with Crippen LogP contribution in [0.3, 0.4) is 0 Å². The number of anilines is 1. The molecule has 1 aromatic carbocycles. The van der Waals surface area contributed by atoms with Gasteiger partial charge < -0.3 is 14.8 Å². The van der Waals surface area contributed by atoms with Gasteiger partial charge in [0.2, 0.25) is 0 Å². The zero-order chi connectivity index (χ0) is 21.7. The topological polar surface area (TPSA) is 77.5 Å². The van der Waals surface area contributed by atoms with E-state index in [0.29, 0.717) is 15.5 Å². The Morgan fingerprint density at radius 3 is 2.57 bits per heavy atom. The Labute approximate surface area is 179 Å². The van der Waals surface area contributed by atoms with Crippen molar-refractivity contribution in [2.24, 2.45) is 0 Å². The second-order valence-corrected chi connectivity index (χ2v) is 7.41. The molecular formula is C20H15ClF2N2O4S. The quantitative estimate of drug-likeness (QED) is 0.411. The number of nitrogens with one attached hydrogen (secondary N) is 1. The van der Waals surface area contributed by atoms with Gasteiger partial charge in [-0.15, -0.1) is 11.3 Å². The molecular weight excluding hydrogens is 438 g/mol. The van der Waals surface area contributed by atoms with E-state index in [1.54, 1.807) is 18.2 Å². The van der Waals surface area contributed by atoms with E-state index in [2.05, 4.69) is 10.3 Å². The number of esters is 1. The minimum atomic E-state index is -0.983. The van der Waals surface area contributed by atoms with Gasteiger partial charge in [-0.05, 0) is 30.3 Å². The largest absolute Gasteiger partial charge is 0.460 e. The average Bonchev–Trinajstić information content (AvgIpc) is 3.21. The number of ether oxygens (including phenoxy) is 2. The predicted octanol–water partition coefficient (Wildman–Crippen LogP) is 4.80. The molecule has 30 heavy (non-hydrogen) atoms. The smallest absolute Gasteiger partial charge is 0.338 e. The lowest BCUT2D eigenvalue weighted by molar-refractivity contribution is 0.0388. The maximum atomic E-state index is 13.7. The minimum absolute atomic E-state index is 0.110. The van der Waals surface area contributed by atoms with Crippen LogP contribution in [0.15, 0.2) is 42.7 Å². The highest BCUT2D eigenvalue weighted by molar-refractivity contribution is 7.17. The number of carbonyl (C=O) groups excluding carboxylic acids is 2. The Balaban J connectivity index is 1.81. The van der Waals surface area contributed by atoms with Gasteiger partial charge in [0, 0.05) is 22.6 Å². The molecule has 6 nitrogen and oxygen atoms in total. The number of rotatable bonds is 7. The second kappa shape index (κ2) is 9.75. The summed E-state index contributed by atoms with van der Waals surface area (Å²) in [6.07, 6.45) is 1.60. The number of carbonyl (C=O) groups is 2. The number of halogens is 3. The number of pyridine rings is 1. The summed E-state index contributed by atoms with van der Waals surface area (Å²) in [6.45, 7) is 0.382. The monoisotopic (exact) mass is 452 g/mol. The molecule has 0 radical (unpaired) electrons. The van der Waals surface area contributed by atoms with Crippen LogP contribution in [0.25, 0.3) is 10.4 Å². The fraction of sp³-hybridized carbons (Fsp3) is 0.150. The van der Waals surface area contributed by atoms with Crippen LogP contribution in [0.5, 0.6) is 0 Å². The Hall–Kier alpha value is -2.88. The van der Waals surface area contributed by atoms with Gasteiger partial charge in [-0.3, -0.25) is 9.78 Å². The van der Waals surface area contributed by atoms with Crippen molar-refractivity contribution in [3.8, 4) is 10.4 Å². The summed E-state index contributed by atoms with van der Waals surface area (Å²) in [5, 5.41) is 2.56. The molecule has 156 valence electrons. The third kappa shape index (κ3) is 4.99. The van der Waals surface area contributed by atoms with E-state index in [4.69, 9.17) is 21.1 Å². The molecule has 0 aliphatic rings. The number of nitrogens with zero attached hydrogens (tertiary/aromatic N) is 1. The summed E-state index contributed by atoms with van der Waals surface area (Å²) in [5.74, 6) is -3.20. The Morgan fingerprint density at radius 2 is 1.87 bits per heavy atom. The van der Waals surface area contributed by atoms with Gasteiger partial charge in [-0.2, -0.15) is 0 Å². The molecule has 1 amide bonds. The molecule has 0 atom stereocenters. The number of amides is 1. The normalized spacial score (nSPS) is 10.7. The van der Waals surface area contributed by atoms with Gasteiger partial charge in [0.1, 0.15) is 12.3 Å². The van der Waals surface area contributed by atoms with Crippen molar-refractivity contribution < 1.29 is 27.8 Å². The van der Waals surface area contributed by atoms with Crippen molar-refractivity contribution in [3.63, 3.8) is 0 Å². The summed E-state index contributed by atoms with van der Waals surface area (Å²) < 4.78 is 37.3. The van der Waals surface area contributed by atoms with Crippen molar-refractivity contribution in [2.75, 3.05) is 25.6 Å². The highest BCUT2D eigenvalue weighted by Gasteiger charge is 2.18. The summed E-state index contributed by atoms with van der Waals surface area (Å²) in [6, 6.07) is 7.74. The lowest BCUT2D eigenvalue weighted by Gasteiger charge is -2.07. The molecule has 2 aromatic heterocycles. The zero-order valence-electron chi connectivity index (χ0n) is 15.6. The van der Waals surface area contributed by atoms with E-state index >= 15 is 0 Å². The third-order valence-corrected chi connectivity index (χ3v) is 5.36. The molecule has 0 saturated carbocycles. The van der Waals surface area contributed by atoms with E-state index in [9.17, 15) is 18.4 Å². The highest BCUT2D eigenvalue weighted by Crippen LogP contribution is 2.34. The maximum absolute atomic E-state index is 13.7. The molecule has 0 unspecified atom stereocenters. The van der Waals surface area contributed by atoms with Gasteiger partial charge in [-0.1, -0.05) is 11.6 Å². The Morgan fingerprint density at radius 1 is 1.13 bits per heavy atom. The Kier molecular flexibility index (Phi) is 7.09. The van der Waals surface area contributed by atoms with Gasteiger partial charge in [-0.25, -0.2) is 13.6 Å². The van der Waals surface area contributed by atoms with Crippen LogP contribution in [0, 0.1) is 11.6 Å². The van der Waals surface area contributed by atoms with E-state index < -0.39 is 29.2 Å². The van der Waals surface area contributed by atoms with Crippen LogP contribution >= 0.6 is 22.9 Å². The van der Waals surface area contributed by atoms with Crippen LogP contribution in [0.2, 0.25) is 5.02 Å². The number of thiophene rings is 1. The predicted molar refractivity (Wildman–Crippen MR) is 109 cm³/mol. The van der Waals surface area contributed by atoms with E-state index in [1.165, 1.54) is 19.2 Å². The number of aromatic nitrogens is 1. The minimum Gasteiger partial charge on any atom is -0.460 e. The summed E-state index contributed by atoms with van der Waals surface area (Å²) in [5.41, 5.74) is 0.220. The van der Waals surface area contributed by atoms with E-state index in [1.807, 2.05) is 0 Å². The fourth-order valence-electron chi connectivity index (χ4n) is 2.45. The van der Waals surface area contributed by atoms with E-state index in [0.717, 1.165) is 23.7 Å². The van der Waals surface area contributed by atoms with Crippen LogP contribution < -0.4 is 5.32 Å². The maximum Gasteiger partial charge on any atom is 0.338 e. The van der Waals surface area contributed by atoms with Crippen molar-refractivity contribution in [1.29, 1.82) is 0 Å². The first-order valence-corrected chi connectivity index (χ1v) is 9.76. The lowest BCUT2D eigenvalue weighted by Crippen LogP contribution is -2.13. The van der Waals surface area contributed by atoms with Crippen molar-refractivity contribution in [1.82, 2.24) is 4.98 Å². The average molecular weight is 453 g/mol. The zero-order valence-corrected chi connectivity index (χ0v) is 17.2. The van der Waals surface area contributed by atoms with Crippen molar-refractivity contribution in [2.45, 2.75) is 0 Å². The first-order chi connectivity index (χ1) is 14.4. The lowest BCUT2D eigenvalue weighted by atomic mass is 10.1. The Bertz CT molecular complexity index is 1070. The molecule has 0 aliphatic heterocycles. The van der Waals surface area contributed by atoms with Crippen LogP contribution in [0.4, 0.5) is 14.5 Å². The molecule has 0 saturated heterocycles. The molecule has 1 N–H and O–H groups in total. The SMILES string of the molecule is COCCOC(=O)c1ccc(Cl)c(-c2ccc(C(=O)Nc3c(F)cncc3F)s2)c1. The number of methoxy groups -OCH3 is 1. The summed E-state index contributed by atoms with van der Waals surface area (Å²) in [7, 11) is 1.50.